The molecule has 17 heavy (non-hydrogen) atoms. The Bertz CT molecular complexity index is 537. The van der Waals surface area contributed by atoms with Crippen LogP contribution in [0.5, 0.6) is 0 Å². The molecule has 0 spiro atoms. The third kappa shape index (κ3) is 2.10. The van der Waals surface area contributed by atoms with Gasteiger partial charge in [0.15, 0.2) is 0 Å². The van der Waals surface area contributed by atoms with E-state index in [1.54, 1.807) is 6.92 Å². The van der Waals surface area contributed by atoms with Gasteiger partial charge in [-0.1, -0.05) is 0 Å². The van der Waals surface area contributed by atoms with Crippen molar-refractivity contribution in [2.45, 2.75) is 13.3 Å². The molecule has 6 heteroatoms. The number of carbonyl (C=O) groups is 2. The van der Waals surface area contributed by atoms with Crippen molar-refractivity contribution in [1.29, 1.82) is 0 Å². The number of carboxylic acids is 1. The molecule has 1 heterocycles. The Morgan fingerprint density at radius 3 is 2.71 bits per heavy atom. The van der Waals surface area contributed by atoms with Crippen molar-refractivity contribution in [3.63, 3.8) is 0 Å². The number of anilines is 2. The Morgan fingerprint density at radius 2 is 2.18 bits per heavy atom. The molecule has 0 aliphatic carbocycles. The number of hydrogen-bond donors (Lipinski definition) is 2. The third-order valence-electron chi connectivity index (χ3n) is 2.35. The van der Waals surface area contributed by atoms with Gasteiger partial charge in [-0.25, -0.2) is 9.80 Å². The standard InChI is InChI=1S/C11H11N3O3/c1-6-2-10(15)14(13-6)9-4-7(11(16)17)3-8(12)5-9/h3-5H,2,12H2,1H3,(H,16,17). The lowest BCUT2D eigenvalue weighted by atomic mass is 10.1. The Balaban J connectivity index is 2.46. The summed E-state index contributed by atoms with van der Waals surface area (Å²) in [6.45, 7) is 1.74. The molecule has 1 aliphatic rings. The number of rotatable bonds is 2. The third-order valence-corrected chi connectivity index (χ3v) is 2.35. The molecule has 0 saturated heterocycles. The van der Waals surface area contributed by atoms with E-state index >= 15 is 0 Å². The Hall–Kier alpha value is -2.37. The predicted molar refractivity (Wildman–Crippen MR) is 63.0 cm³/mol. The largest absolute Gasteiger partial charge is 0.478 e. The Kier molecular flexibility index (Phi) is 2.55. The molecule has 0 unspecified atom stereocenters. The van der Waals surface area contributed by atoms with Crippen molar-refractivity contribution in [1.82, 2.24) is 0 Å². The SMILES string of the molecule is CC1=NN(c2cc(N)cc(C(=O)O)c2)C(=O)C1. The van der Waals surface area contributed by atoms with E-state index in [-0.39, 0.29) is 23.6 Å². The zero-order valence-corrected chi connectivity index (χ0v) is 9.17. The molecule has 1 amide bonds. The van der Waals surface area contributed by atoms with E-state index in [2.05, 4.69) is 5.10 Å². The van der Waals surface area contributed by atoms with E-state index in [4.69, 9.17) is 10.8 Å². The quantitative estimate of drug-likeness (QED) is 0.747. The first-order valence-electron chi connectivity index (χ1n) is 4.98. The molecule has 0 radical (unpaired) electrons. The molecule has 88 valence electrons. The maximum atomic E-state index is 11.6. The summed E-state index contributed by atoms with van der Waals surface area (Å²) in [4.78, 5) is 22.5. The van der Waals surface area contributed by atoms with Gasteiger partial charge in [0.05, 0.1) is 17.7 Å². The molecule has 1 aromatic rings. The van der Waals surface area contributed by atoms with Gasteiger partial charge in [-0.15, -0.1) is 0 Å². The molecule has 0 saturated carbocycles. The molecular formula is C11H11N3O3. The smallest absolute Gasteiger partial charge is 0.335 e. The summed E-state index contributed by atoms with van der Waals surface area (Å²) in [6, 6.07) is 4.23. The van der Waals surface area contributed by atoms with Crippen molar-refractivity contribution in [3.05, 3.63) is 23.8 Å². The summed E-state index contributed by atoms with van der Waals surface area (Å²) in [7, 11) is 0. The number of nitrogen functional groups attached to an aromatic ring is 1. The Morgan fingerprint density at radius 1 is 1.47 bits per heavy atom. The normalized spacial score (nSPS) is 15.0. The van der Waals surface area contributed by atoms with Gasteiger partial charge in [-0.2, -0.15) is 5.10 Å². The van der Waals surface area contributed by atoms with Crippen LogP contribution in [0.1, 0.15) is 23.7 Å². The van der Waals surface area contributed by atoms with E-state index in [0.29, 0.717) is 11.4 Å². The highest BCUT2D eigenvalue weighted by Gasteiger charge is 2.23. The molecule has 1 aliphatic heterocycles. The van der Waals surface area contributed by atoms with Crippen molar-refractivity contribution >= 4 is 29.0 Å². The maximum Gasteiger partial charge on any atom is 0.335 e. The highest BCUT2D eigenvalue weighted by atomic mass is 16.4. The van der Waals surface area contributed by atoms with E-state index < -0.39 is 5.97 Å². The van der Waals surface area contributed by atoms with Crippen LogP contribution in [-0.2, 0) is 4.79 Å². The fourth-order valence-electron chi connectivity index (χ4n) is 1.64. The molecule has 0 bridgehead atoms. The van der Waals surface area contributed by atoms with Gasteiger partial charge in [0.1, 0.15) is 0 Å². The number of nitrogens with zero attached hydrogens (tertiary/aromatic N) is 2. The zero-order chi connectivity index (χ0) is 12.6. The van der Waals surface area contributed by atoms with Crippen LogP contribution in [0.15, 0.2) is 23.3 Å². The maximum absolute atomic E-state index is 11.6. The summed E-state index contributed by atoms with van der Waals surface area (Å²) in [5, 5.41) is 14.1. The van der Waals surface area contributed by atoms with Gasteiger partial charge in [-0.3, -0.25) is 4.79 Å². The second-order valence-electron chi connectivity index (χ2n) is 3.84. The molecular weight excluding hydrogens is 222 g/mol. The van der Waals surface area contributed by atoms with Crippen molar-refractivity contribution in [2.24, 2.45) is 5.10 Å². The number of nitrogens with two attached hydrogens (primary N) is 1. The molecule has 2 rings (SSSR count). The van der Waals surface area contributed by atoms with Gasteiger partial charge < -0.3 is 10.8 Å². The highest BCUT2D eigenvalue weighted by molar-refractivity contribution is 6.12. The summed E-state index contributed by atoms with van der Waals surface area (Å²) in [5.74, 6) is -1.28. The lowest BCUT2D eigenvalue weighted by molar-refractivity contribution is -0.116. The highest BCUT2D eigenvalue weighted by Crippen LogP contribution is 2.24. The van der Waals surface area contributed by atoms with Crippen LogP contribution in [-0.4, -0.2) is 22.7 Å². The molecule has 1 aromatic carbocycles. The van der Waals surface area contributed by atoms with Crippen LogP contribution in [0, 0.1) is 0 Å². The van der Waals surface area contributed by atoms with Crippen LogP contribution in [0.4, 0.5) is 11.4 Å². The molecule has 3 N–H and O–H groups in total. The minimum atomic E-state index is -1.09. The van der Waals surface area contributed by atoms with Crippen LogP contribution in [0.2, 0.25) is 0 Å². The minimum absolute atomic E-state index is 0.0348. The van der Waals surface area contributed by atoms with E-state index in [9.17, 15) is 9.59 Å². The second kappa shape index (κ2) is 3.89. The summed E-state index contributed by atoms with van der Waals surface area (Å²) in [6.07, 6.45) is 0.247. The average Bonchev–Trinajstić information content (AvgIpc) is 2.57. The van der Waals surface area contributed by atoms with E-state index in [1.165, 1.54) is 23.2 Å². The number of hydrogen-bond acceptors (Lipinski definition) is 4. The minimum Gasteiger partial charge on any atom is -0.478 e. The fraction of sp³-hybridized carbons (Fsp3) is 0.182. The summed E-state index contributed by atoms with van der Waals surface area (Å²) < 4.78 is 0. The van der Waals surface area contributed by atoms with Gasteiger partial charge in [-0.05, 0) is 25.1 Å². The number of carboxylic acid groups (broad SMARTS) is 1. The monoisotopic (exact) mass is 233 g/mol. The lowest BCUT2D eigenvalue weighted by Crippen LogP contribution is -2.20. The molecule has 0 atom stereocenters. The molecule has 0 aromatic heterocycles. The van der Waals surface area contributed by atoms with Crippen LogP contribution < -0.4 is 10.7 Å². The van der Waals surface area contributed by atoms with E-state index in [0.717, 1.165) is 0 Å². The first kappa shape index (κ1) is 11.1. The van der Waals surface area contributed by atoms with Gasteiger partial charge in [0, 0.05) is 11.4 Å². The molecule has 0 fully saturated rings. The first-order chi connectivity index (χ1) is 7.97. The van der Waals surface area contributed by atoms with Crippen LogP contribution in [0.3, 0.4) is 0 Å². The second-order valence-corrected chi connectivity index (χ2v) is 3.84. The van der Waals surface area contributed by atoms with E-state index in [1.807, 2.05) is 0 Å². The zero-order valence-electron chi connectivity index (χ0n) is 9.17. The first-order valence-corrected chi connectivity index (χ1v) is 4.98. The fourth-order valence-corrected chi connectivity index (χ4v) is 1.64. The van der Waals surface area contributed by atoms with Gasteiger partial charge in [0.25, 0.3) is 5.91 Å². The number of hydrazone groups is 1. The van der Waals surface area contributed by atoms with Crippen LogP contribution >= 0.6 is 0 Å². The average molecular weight is 233 g/mol. The van der Waals surface area contributed by atoms with Gasteiger partial charge >= 0.3 is 5.97 Å². The lowest BCUT2D eigenvalue weighted by Gasteiger charge is -2.13. The number of carbonyl (C=O) groups excluding carboxylic acids is 1. The Labute approximate surface area is 97.3 Å². The topological polar surface area (TPSA) is 96.0 Å². The van der Waals surface area contributed by atoms with Crippen molar-refractivity contribution in [3.8, 4) is 0 Å². The number of benzene rings is 1. The number of aromatic carboxylic acids is 1. The summed E-state index contributed by atoms with van der Waals surface area (Å²) >= 11 is 0. The molecule has 6 nitrogen and oxygen atoms in total. The van der Waals surface area contributed by atoms with Crippen molar-refractivity contribution in [2.75, 3.05) is 10.7 Å². The number of amides is 1. The predicted octanol–water partition coefficient (Wildman–Crippen LogP) is 1.08. The van der Waals surface area contributed by atoms with Gasteiger partial charge in [0.2, 0.25) is 0 Å². The van der Waals surface area contributed by atoms with Crippen LogP contribution in [0.25, 0.3) is 0 Å². The van der Waals surface area contributed by atoms with Crippen molar-refractivity contribution < 1.29 is 14.7 Å². The summed E-state index contributed by atoms with van der Waals surface area (Å²) in [5.41, 5.74) is 6.98.